The number of rotatable bonds is 4. The Hall–Kier alpha value is -2.44. The molecule has 2 aromatic rings. The van der Waals surface area contributed by atoms with Crippen LogP contribution in [0.2, 0.25) is 0 Å². The molecule has 1 fully saturated rings. The van der Waals surface area contributed by atoms with Crippen molar-refractivity contribution in [3.05, 3.63) is 34.0 Å². The third-order valence-electron chi connectivity index (χ3n) is 3.66. The lowest BCUT2D eigenvalue weighted by molar-refractivity contribution is -0.384. The van der Waals surface area contributed by atoms with Gasteiger partial charge in [0.2, 0.25) is 0 Å². The van der Waals surface area contributed by atoms with Crippen molar-refractivity contribution in [1.29, 1.82) is 0 Å². The number of carbonyl (C=O) groups is 1. The van der Waals surface area contributed by atoms with E-state index < -0.39 is 4.92 Å². The zero-order valence-electron chi connectivity index (χ0n) is 10.9. The highest BCUT2D eigenvalue weighted by Gasteiger charge is 2.30. The lowest BCUT2D eigenvalue weighted by atomic mass is 10.1. The second-order valence-corrected chi connectivity index (χ2v) is 5.16. The number of nitro benzene ring substituents is 1. The highest BCUT2D eigenvalue weighted by molar-refractivity contribution is 6.05. The Bertz CT molecular complexity index is 690. The molecule has 0 saturated heterocycles. The van der Waals surface area contributed by atoms with Crippen molar-refractivity contribution >= 4 is 22.5 Å². The van der Waals surface area contributed by atoms with Gasteiger partial charge in [-0.1, -0.05) is 0 Å². The lowest BCUT2D eigenvalue weighted by Gasteiger charge is -2.11. The Balaban J connectivity index is 1.91. The maximum atomic E-state index is 12.2. The number of aromatic amines is 1. The number of aromatic nitrogens is 2. The predicted molar refractivity (Wildman–Crippen MR) is 72.4 cm³/mol. The first-order valence-corrected chi connectivity index (χ1v) is 6.49. The normalized spacial score (nSPS) is 16.1. The summed E-state index contributed by atoms with van der Waals surface area (Å²) in [5, 5.41) is 20.9. The second kappa shape index (κ2) is 4.59. The average Bonchev–Trinajstić information content (AvgIpc) is 3.17. The van der Waals surface area contributed by atoms with Gasteiger partial charge in [0, 0.05) is 23.6 Å². The van der Waals surface area contributed by atoms with Gasteiger partial charge in [-0.3, -0.25) is 20.0 Å². The molecule has 0 bridgehead atoms. The molecule has 2 N–H and O–H groups in total. The first kappa shape index (κ1) is 12.6. The summed E-state index contributed by atoms with van der Waals surface area (Å²) in [6, 6.07) is 4.42. The molecule has 1 aromatic heterocycles. The summed E-state index contributed by atoms with van der Waals surface area (Å²) in [5.74, 6) is 0.245. The quantitative estimate of drug-likeness (QED) is 0.657. The number of non-ortho nitro benzene ring substituents is 1. The van der Waals surface area contributed by atoms with Crippen molar-refractivity contribution in [2.75, 3.05) is 0 Å². The lowest BCUT2D eigenvalue weighted by Crippen LogP contribution is -2.34. The molecule has 1 saturated carbocycles. The summed E-state index contributed by atoms with van der Waals surface area (Å²) in [4.78, 5) is 22.5. The van der Waals surface area contributed by atoms with E-state index in [1.54, 1.807) is 6.07 Å². The summed E-state index contributed by atoms with van der Waals surface area (Å²) >= 11 is 0. The molecule has 104 valence electrons. The molecule has 1 aliphatic carbocycles. The van der Waals surface area contributed by atoms with Gasteiger partial charge in [-0.25, -0.2) is 0 Å². The molecule has 1 aliphatic rings. The van der Waals surface area contributed by atoms with E-state index >= 15 is 0 Å². The molecule has 1 amide bonds. The van der Waals surface area contributed by atoms with Crippen molar-refractivity contribution in [3.8, 4) is 0 Å². The Morgan fingerprint density at radius 2 is 2.30 bits per heavy atom. The van der Waals surface area contributed by atoms with Crippen LogP contribution in [-0.2, 0) is 0 Å². The standard InChI is InChI=1S/C13H14N4O3/c1-7(8-2-3-8)14-13(18)12-10-6-9(17(19)20)4-5-11(10)15-16-12/h4-8H,2-3H2,1H3,(H,14,18)(H,15,16). The first-order valence-electron chi connectivity index (χ1n) is 6.49. The number of amides is 1. The average molecular weight is 274 g/mol. The van der Waals surface area contributed by atoms with Crippen LogP contribution in [0.1, 0.15) is 30.3 Å². The fraction of sp³-hybridized carbons (Fsp3) is 0.385. The van der Waals surface area contributed by atoms with Crippen LogP contribution in [0, 0.1) is 16.0 Å². The van der Waals surface area contributed by atoms with Crippen LogP contribution >= 0.6 is 0 Å². The van der Waals surface area contributed by atoms with E-state index in [0.29, 0.717) is 16.8 Å². The Morgan fingerprint density at radius 3 is 2.95 bits per heavy atom. The SMILES string of the molecule is CC(NC(=O)c1n[nH]c2ccc([N+](=O)[O-])cc12)C1CC1. The van der Waals surface area contributed by atoms with Crippen molar-refractivity contribution < 1.29 is 9.72 Å². The molecule has 3 rings (SSSR count). The van der Waals surface area contributed by atoms with E-state index in [-0.39, 0.29) is 23.3 Å². The molecule has 7 nitrogen and oxygen atoms in total. The van der Waals surface area contributed by atoms with E-state index in [1.165, 1.54) is 12.1 Å². The van der Waals surface area contributed by atoms with Crippen molar-refractivity contribution in [3.63, 3.8) is 0 Å². The number of carbonyl (C=O) groups excluding carboxylic acids is 1. The van der Waals surface area contributed by atoms with Crippen LogP contribution in [0.15, 0.2) is 18.2 Å². The summed E-state index contributed by atoms with van der Waals surface area (Å²) in [6.45, 7) is 1.97. The van der Waals surface area contributed by atoms with Crippen LogP contribution in [0.25, 0.3) is 10.9 Å². The molecule has 0 spiro atoms. The van der Waals surface area contributed by atoms with E-state index in [9.17, 15) is 14.9 Å². The van der Waals surface area contributed by atoms with Gasteiger partial charge in [0.1, 0.15) is 0 Å². The number of benzene rings is 1. The van der Waals surface area contributed by atoms with Crippen LogP contribution in [0.3, 0.4) is 0 Å². The number of hydrogen-bond donors (Lipinski definition) is 2. The Kier molecular flexibility index (Phi) is 2.89. The maximum absolute atomic E-state index is 12.2. The summed E-state index contributed by atoms with van der Waals surface area (Å²) in [7, 11) is 0. The molecule has 1 aromatic carbocycles. The number of nitro groups is 1. The predicted octanol–water partition coefficient (Wildman–Crippen LogP) is 2.00. The smallest absolute Gasteiger partial charge is 0.272 e. The van der Waals surface area contributed by atoms with E-state index in [0.717, 1.165) is 12.8 Å². The van der Waals surface area contributed by atoms with Gasteiger partial charge < -0.3 is 5.32 Å². The molecule has 0 radical (unpaired) electrons. The molecular formula is C13H14N4O3. The number of nitrogens with zero attached hydrogens (tertiary/aromatic N) is 2. The molecule has 7 heteroatoms. The minimum Gasteiger partial charge on any atom is -0.348 e. The Labute approximate surface area is 114 Å². The van der Waals surface area contributed by atoms with Crippen molar-refractivity contribution in [2.45, 2.75) is 25.8 Å². The number of fused-ring (bicyclic) bond motifs is 1. The molecule has 20 heavy (non-hydrogen) atoms. The van der Waals surface area contributed by atoms with Crippen molar-refractivity contribution in [2.24, 2.45) is 5.92 Å². The van der Waals surface area contributed by atoms with Crippen LogP contribution in [0.5, 0.6) is 0 Å². The fourth-order valence-corrected chi connectivity index (χ4v) is 2.28. The van der Waals surface area contributed by atoms with Gasteiger partial charge >= 0.3 is 0 Å². The van der Waals surface area contributed by atoms with Crippen LogP contribution < -0.4 is 5.32 Å². The zero-order chi connectivity index (χ0) is 14.3. The van der Waals surface area contributed by atoms with Gasteiger partial charge in [0.25, 0.3) is 11.6 Å². The zero-order valence-corrected chi connectivity index (χ0v) is 10.9. The summed E-state index contributed by atoms with van der Waals surface area (Å²) in [5.41, 5.74) is 0.763. The van der Waals surface area contributed by atoms with Gasteiger partial charge in [-0.15, -0.1) is 0 Å². The number of nitrogens with one attached hydrogen (secondary N) is 2. The molecule has 1 unspecified atom stereocenters. The minimum atomic E-state index is -0.485. The van der Waals surface area contributed by atoms with E-state index in [4.69, 9.17) is 0 Å². The van der Waals surface area contributed by atoms with Gasteiger partial charge in [-0.05, 0) is 31.7 Å². The fourth-order valence-electron chi connectivity index (χ4n) is 2.28. The highest BCUT2D eigenvalue weighted by atomic mass is 16.6. The number of hydrogen-bond acceptors (Lipinski definition) is 4. The third kappa shape index (κ3) is 2.22. The summed E-state index contributed by atoms with van der Waals surface area (Å²) in [6.07, 6.45) is 2.27. The van der Waals surface area contributed by atoms with E-state index in [1.807, 2.05) is 6.92 Å². The molecule has 1 heterocycles. The topological polar surface area (TPSA) is 101 Å². The molecular weight excluding hydrogens is 260 g/mol. The first-order chi connectivity index (χ1) is 9.56. The monoisotopic (exact) mass is 274 g/mol. The highest BCUT2D eigenvalue weighted by Crippen LogP contribution is 2.32. The third-order valence-corrected chi connectivity index (χ3v) is 3.66. The van der Waals surface area contributed by atoms with Gasteiger partial charge in [0.15, 0.2) is 5.69 Å². The largest absolute Gasteiger partial charge is 0.348 e. The van der Waals surface area contributed by atoms with Gasteiger partial charge in [-0.2, -0.15) is 5.10 Å². The maximum Gasteiger partial charge on any atom is 0.272 e. The molecule has 0 aliphatic heterocycles. The van der Waals surface area contributed by atoms with Crippen molar-refractivity contribution in [1.82, 2.24) is 15.5 Å². The van der Waals surface area contributed by atoms with Gasteiger partial charge in [0.05, 0.1) is 10.4 Å². The Morgan fingerprint density at radius 1 is 1.55 bits per heavy atom. The molecule has 1 atom stereocenters. The van der Waals surface area contributed by atoms with E-state index in [2.05, 4.69) is 15.5 Å². The van der Waals surface area contributed by atoms with Crippen LogP contribution in [-0.4, -0.2) is 27.1 Å². The minimum absolute atomic E-state index is 0.0526. The van der Waals surface area contributed by atoms with Crippen LogP contribution in [0.4, 0.5) is 5.69 Å². The number of H-pyrrole nitrogens is 1. The summed E-state index contributed by atoms with van der Waals surface area (Å²) < 4.78 is 0. The second-order valence-electron chi connectivity index (χ2n) is 5.16.